The van der Waals surface area contributed by atoms with Crippen molar-refractivity contribution in [1.82, 2.24) is 0 Å². The van der Waals surface area contributed by atoms with E-state index in [9.17, 15) is 5.26 Å². The van der Waals surface area contributed by atoms with Crippen LogP contribution in [0.15, 0.2) is 42.5 Å². The molecule has 0 atom stereocenters. The Morgan fingerprint density at radius 1 is 1.05 bits per heavy atom. The van der Waals surface area contributed by atoms with Crippen molar-refractivity contribution < 1.29 is 5.11 Å². The van der Waals surface area contributed by atoms with Crippen LogP contribution in [-0.4, -0.2) is 12.2 Å². The first-order valence-electron chi connectivity index (χ1n) is 6.52. The lowest BCUT2D eigenvalue weighted by Gasteiger charge is -2.21. The van der Waals surface area contributed by atoms with Gasteiger partial charge in [-0.25, -0.2) is 0 Å². The molecule has 0 bridgehead atoms. The molecule has 0 saturated carbocycles. The van der Waals surface area contributed by atoms with Gasteiger partial charge in [-0.15, -0.1) is 0 Å². The highest BCUT2D eigenvalue weighted by molar-refractivity contribution is 5.60. The fourth-order valence-corrected chi connectivity index (χ4v) is 2.20. The number of rotatable bonds is 4. The molecule has 0 aromatic heterocycles. The van der Waals surface area contributed by atoms with E-state index in [-0.39, 0.29) is 6.61 Å². The van der Waals surface area contributed by atoms with Gasteiger partial charge < -0.3 is 10.0 Å². The molecule has 0 aliphatic heterocycles. The molecule has 2 rings (SSSR count). The highest BCUT2D eigenvalue weighted by Crippen LogP contribution is 2.22. The molecule has 104 valence electrons. The first-order chi connectivity index (χ1) is 10.2. The van der Waals surface area contributed by atoms with Gasteiger partial charge in [0.15, 0.2) is 0 Å². The average Bonchev–Trinajstić information content (AvgIpc) is 2.54. The number of hydrogen-bond donors (Lipinski definition) is 1. The zero-order valence-electron chi connectivity index (χ0n) is 11.7. The molecule has 0 saturated heterocycles. The Balaban J connectivity index is 2.26. The number of anilines is 1. The SMILES string of the molecule is CN(Cc1cccc(C#N)c1)c1ccc(CO)cc1C#N. The van der Waals surface area contributed by atoms with Crippen molar-refractivity contribution in [2.45, 2.75) is 13.2 Å². The molecule has 2 aromatic carbocycles. The summed E-state index contributed by atoms with van der Waals surface area (Å²) in [4.78, 5) is 1.95. The summed E-state index contributed by atoms with van der Waals surface area (Å²) in [6.45, 7) is 0.519. The van der Waals surface area contributed by atoms with Crippen LogP contribution in [0.3, 0.4) is 0 Å². The van der Waals surface area contributed by atoms with E-state index >= 15 is 0 Å². The zero-order chi connectivity index (χ0) is 15.2. The average molecular weight is 277 g/mol. The molecule has 2 aromatic rings. The van der Waals surface area contributed by atoms with Crippen molar-refractivity contribution in [2.75, 3.05) is 11.9 Å². The van der Waals surface area contributed by atoms with Gasteiger partial charge in [0.05, 0.1) is 29.5 Å². The number of benzene rings is 2. The quantitative estimate of drug-likeness (QED) is 0.932. The topological polar surface area (TPSA) is 71.1 Å². The summed E-state index contributed by atoms with van der Waals surface area (Å²) >= 11 is 0. The van der Waals surface area contributed by atoms with E-state index in [0.717, 1.165) is 16.8 Å². The molecule has 0 unspecified atom stereocenters. The van der Waals surface area contributed by atoms with Crippen molar-refractivity contribution in [3.63, 3.8) is 0 Å². The second-order valence-electron chi connectivity index (χ2n) is 4.79. The number of aliphatic hydroxyl groups is 1. The minimum Gasteiger partial charge on any atom is -0.392 e. The zero-order valence-corrected chi connectivity index (χ0v) is 11.7. The third kappa shape index (κ3) is 3.39. The van der Waals surface area contributed by atoms with Crippen LogP contribution in [0.25, 0.3) is 0 Å². The molecule has 0 amide bonds. The van der Waals surface area contributed by atoms with E-state index in [0.29, 0.717) is 17.7 Å². The lowest BCUT2D eigenvalue weighted by Crippen LogP contribution is -2.17. The van der Waals surface area contributed by atoms with Crippen molar-refractivity contribution in [3.8, 4) is 12.1 Å². The Bertz CT molecular complexity index is 726. The highest BCUT2D eigenvalue weighted by Gasteiger charge is 2.09. The van der Waals surface area contributed by atoms with E-state index in [2.05, 4.69) is 12.1 Å². The Kier molecular flexibility index (Phi) is 4.56. The van der Waals surface area contributed by atoms with E-state index in [4.69, 9.17) is 10.4 Å². The summed E-state index contributed by atoms with van der Waals surface area (Å²) < 4.78 is 0. The summed E-state index contributed by atoms with van der Waals surface area (Å²) in [7, 11) is 1.90. The van der Waals surface area contributed by atoms with Crippen molar-refractivity contribution in [3.05, 3.63) is 64.7 Å². The molecule has 1 N–H and O–H groups in total. The van der Waals surface area contributed by atoms with Crippen LogP contribution < -0.4 is 4.90 Å². The summed E-state index contributed by atoms with van der Waals surface area (Å²) in [6, 6.07) is 17.0. The molecule has 0 aliphatic carbocycles. The highest BCUT2D eigenvalue weighted by atomic mass is 16.3. The first kappa shape index (κ1) is 14.6. The van der Waals surface area contributed by atoms with Crippen LogP contribution >= 0.6 is 0 Å². The van der Waals surface area contributed by atoms with Crippen molar-refractivity contribution in [2.24, 2.45) is 0 Å². The molecule has 21 heavy (non-hydrogen) atoms. The minimum absolute atomic E-state index is 0.0805. The molecule has 0 radical (unpaired) electrons. The van der Waals surface area contributed by atoms with Crippen LogP contribution in [0.5, 0.6) is 0 Å². The Morgan fingerprint density at radius 3 is 2.52 bits per heavy atom. The second kappa shape index (κ2) is 6.56. The third-order valence-electron chi connectivity index (χ3n) is 3.25. The van der Waals surface area contributed by atoms with Gasteiger partial charge in [0, 0.05) is 13.6 Å². The summed E-state index contributed by atoms with van der Waals surface area (Å²) in [6.07, 6.45) is 0. The summed E-state index contributed by atoms with van der Waals surface area (Å²) in [5.41, 5.74) is 3.68. The maximum Gasteiger partial charge on any atom is 0.101 e. The van der Waals surface area contributed by atoms with Gasteiger partial charge in [0.25, 0.3) is 0 Å². The van der Waals surface area contributed by atoms with Crippen molar-refractivity contribution in [1.29, 1.82) is 10.5 Å². The number of aliphatic hydroxyl groups excluding tert-OH is 1. The van der Waals surface area contributed by atoms with E-state index < -0.39 is 0 Å². The first-order valence-corrected chi connectivity index (χ1v) is 6.52. The van der Waals surface area contributed by atoms with Gasteiger partial charge in [0.1, 0.15) is 6.07 Å². The molecule has 4 heteroatoms. The molecule has 0 fully saturated rings. The standard InChI is InChI=1S/C17H15N3O/c1-20(11-14-4-2-3-13(7-14)9-18)17-6-5-15(12-21)8-16(17)10-19/h2-8,21H,11-12H2,1H3. The molecule has 0 aliphatic rings. The van der Waals surface area contributed by atoms with Gasteiger partial charge >= 0.3 is 0 Å². The number of nitriles is 2. The molecule has 4 nitrogen and oxygen atoms in total. The predicted octanol–water partition coefficient (Wildman–Crippen LogP) is 2.56. The molecule has 0 heterocycles. The Morgan fingerprint density at radius 2 is 1.86 bits per heavy atom. The molecule has 0 spiro atoms. The van der Waals surface area contributed by atoms with E-state index in [1.807, 2.05) is 36.2 Å². The van der Waals surface area contributed by atoms with Crippen LogP contribution in [0.4, 0.5) is 5.69 Å². The van der Waals surface area contributed by atoms with Gasteiger partial charge in [-0.1, -0.05) is 18.2 Å². The lowest BCUT2D eigenvalue weighted by molar-refractivity contribution is 0.282. The maximum atomic E-state index is 9.23. The predicted molar refractivity (Wildman–Crippen MR) is 80.3 cm³/mol. The second-order valence-corrected chi connectivity index (χ2v) is 4.79. The van der Waals surface area contributed by atoms with Crippen LogP contribution in [-0.2, 0) is 13.2 Å². The van der Waals surface area contributed by atoms with Gasteiger partial charge in [-0.2, -0.15) is 10.5 Å². The third-order valence-corrected chi connectivity index (χ3v) is 3.25. The van der Waals surface area contributed by atoms with Crippen LogP contribution in [0, 0.1) is 22.7 Å². The van der Waals surface area contributed by atoms with E-state index in [1.165, 1.54) is 0 Å². The van der Waals surface area contributed by atoms with Crippen LogP contribution in [0.1, 0.15) is 22.3 Å². The fourth-order valence-electron chi connectivity index (χ4n) is 2.20. The lowest BCUT2D eigenvalue weighted by atomic mass is 10.1. The van der Waals surface area contributed by atoms with Gasteiger partial charge in [-0.3, -0.25) is 0 Å². The minimum atomic E-state index is -0.0805. The largest absolute Gasteiger partial charge is 0.392 e. The summed E-state index contributed by atoms with van der Waals surface area (Å²) in [5.74, 6) is 0. The van der Waals surface area contributed by atoms with E-state index in [1.54, 1.807) is 18.2 Å². The number of hydrogen-bond acceptors (Lipinski definition) is 4. The smallest absolute Gasteiger partial charge is 0.101 e. The van der Waals surface area contributed by atoms with Gasteiger partial charge in [0.2, 0.25) is 0 Å². The monoisotopic (exact) mass is 277 g/mol. The summed E-state index contributed by atoms with van der Waals surface area (Å²) in [5, 5.41) is 27.3. The maximum absolute atomic E-state index is 9.23. The van der Waals surface area contributed by atoms with Crippen LogP contribution in [0.2, 0.25) is 0 Å². The Labute approximate surface area is 124 Å². The number of nitrogens with zero attached hydrogens (tertiary/aromatic N) is 3. The molecular formula is C17H15N3O. The molecular weight excluding hydrogens is 262 g/mol. The Hall–Kier alpha value is -2.82. The van der Waals surface area contributed by atoms with Crippen molar-refractivity contribution >= 4 is 5.69 Å². The van der Waals surface area contributed by atoms with Gasteiger partial charge in [-0.05, 0) is 35.4 Å². The normalized spacial score (nSPS) is 9.71. The fraction of sp³-hybridized carbons (Fsp3) is 0.176.